The summed E-state index contributed by atoms with van der Waals surface area (Å²) in [4.78, 5) is 4.40. The molecule has 1 N–H and O–H groups in total. The molecule has 1 aromatic heterocycles. The number of nitrogens with one attached hydrogen (secondary N) is 1. The quantitative estimate of drug-likeness (QED) is 0.734. The molecule has 0 aliphatic rings. The van der Waals surface area contributed by atoms with Gasteiger partial charge in [-0.05, 0) is 19.8 Å². The number of imidazole rings is 1. The topological polar surface area (TPSA) is 64.0 Å². The van der Waals surface area contributed by atoms with Crippen LogP contribution in [-0.2, 0) is 16.4 Å². The maximum atomic E-state index is 11.1. The zero-order valence-corrected chi connectivity index (χ0v) is 12.3. The van der Waals surface area contributed by atoms with E-state index in [0.717, 1.165) is 31.0 Å². The third-order valence-electron chi connectivity index (χ3n) is 2.62. The van der Waals surface area contributed by atoms with E-state index < -0.39 is 9.84 Å². The lowest BCUT2D eigenvalue weighted by Gasteiger charge is -2.08. The van der Waals surface area contributed by atoms with E-state index >= 15 is 0 Å². The largest absolute Gasteiger partial charge is 0.356 e. The standard InChI is InChI=1S/C12H23N3O2S/c1-4-5-7-13-12-14-11(2)10-15(12)8-6-9-18(3,16)17/h10H,4-9H2,1-3H3,(H,13,14). The number of hydrogen-bond acceptors (Lipinski definition) is 4. The van der Waals surface area contributed by atoms with Crippen LogP contribution in [0.25, 0.3) is 0 Å². The summed E-state index contributed by atoms with van der Waals surface area (Å²) in [5, 5.41) is 3.29. The van der Waals surface area contributed by atoms with Crippen molar-refractivity contribution in [1.29, 1.82) is 0 Å². The van der Waals surface area contributed by atoms with E-state index in [1.807, 2.05) is 17.7 Å². The predicted octanol–water partition coefficient (Wildman–Crippen LogP) is 1.84. The smallest absolute Gasteiger partial charge is 0.203 e. The second kappa shape index (κ2) is 6.78. The summed E-state index contributed by atoms with van der Waals surface area (Å²) in [6.45, 7) is 5.67. The number of rotatable bonds is 8. The van der Waals surface area contributed by atoms with Crippen molar-refractivity contribution in [1.82, 2.24) is 9.55 Å². The number of unbranched alkanes of at least 4 members (excludes halogenated alkanes) is 1. The molecule has 0 unspecified atom stereocenters. The van der Waals surface area contributed by atoms with Gasteiger partial charge in [0.15, 0.2) is 0 Å². The molecule has 5 nitrogen and oxygen atoms in total. The molecule has 1 aromatic rings. The van der Waals surface area contributed by atoms with Crippen LogP contribution in [0.15, 0.2) is 6.20 Å². The van der Waals surface area contributed by atoms with Crippen LogP contribution in [0.2, 0.25) is 0 Å². The van der Waals surface area contributed by atoms with Crippen molar-refractivity contribution in [2.45, 2.75) is 39.7 Å². The SMILES string of the molecule is CCCCNc1nc(C)cn1CCCS(C)(=O)=O. The van der Waals surface area contributed by atoms with Crippen LogP contribution in [0.3, 0.4) is 0 Å². The van der Waals surface area contributed by atoms with E-state index in [1.165, 1.54) is 6.26 Å². The molecule has 0 bridgehead atoms. The monoisotopic (exact) mass is 273 g/mol. The minimum Gasteiger partial charge on any atom is -0.356 e. The predicted molar refractivity (Wildman–Crippen MR) is 74.7 cm³/mol. The Balaban J connectivity index is 2.53. The van der Waals surface area contributed by atoms with E-state index in [2.05, 4.69) is 17.2 Å². The van der Waals surface area contributed by atoms with Crippen LogP contribution in [-0.4, -0.2) is 36.5 Å². The molecule has 0 fully saturated rings. The van der Waals surface area contributed by atoms with E-state index in [4.69, 9.17) is 0 Å². The summed E-state index contributed by atoms with van der Waals surface area (Å²) in [5.41, 5.74) is 0.952. The van der Waals surface area contributed by atoms with Gasteiger partial charge in [0, 0.05) is 25.5 Å². The van der Waals surface area contributed by atoms with Crippen molar-refractivity contribution >= 4 is 15.8 Å². The number of hydrogen-bond donors (Lipinski definition) is 1. The van der Waals surface area contributed by atoms with Crippen molar-refractivity contribution < 1.29 is 8.42 Å². The Kier molecular flexibility index (Phi) is 5.65. The Morgan fingerprint density at radius 1 is 1.39 bits per heavy atom. The highest BCUT2D eigenvalue weighted by Crippen LogP contribution is 2.10. The van der Waals surface area contributed by atoms with Crippen molar-refractivity contribution in [2.24, 2.45) is 0 Å². The van der Waals surface area contributed by atoms with Gasteiger partial charge in [-0.15, -0.1) is 0 Å². The van der Waals surface area contributed by atoms with Crippen molar-refractivity contribution in [3.05, 3.63) is 11.9 Å². The number of sulfone groups is 1. The highest BCUT2D eigenvalue weighted by Gasteiger charge is 2.07. The van der Waals surface area contributed by atoms with E-state index in [-0.39, 0.29) is 5.75 Å². The fraction of sp³-hybridized carbons (Fsp3) is 0.750. The normalized spacial score (nSPS) is 11.7. The van der Waals surface area contributed by atoms with Crippen molar-refractivity contribution in [3.63, 3.8) is 0 Å². The number of anilines is 1. The van der Waals surface area contributed by atoms with Crippen molar-refractivity contribution in [3.8, 4) is 0 Å². The lowest BCUT2D eigenvalue weighted by molar-refractivity contribution is 0.592. The average molecular weight is 273 g/mol. The highest BCUT2D eigenvalue weighted by molar-refractivity contribution is 7.90. The molecule has 0 saturated carbocycles. The molecule has 1 heterocycles. The summed E-state index contributed by atoms with van der Waals surface area (Å²) in [6.07, 6.45) is 6.09. The zero-order chi connectivity index (χ0) is 13.6. The fourth-order valence-electron chi connectivity index (χ4n) is 1.73. The first-order chi connectivity index (χ1) is 8.42. The molecule has 0 aromatic carbocycles. The summed E-state index contributed by atoms with van der Waals surface area (Å²) < 4.78 is 24.2. The molecule has 0 spiro atoms. The van der Waals surface area contributed by atoms with E-state index in [0.29, 0.717) is 13.0 Å². The Bertz CT molecular complexity index is 466. The molecular formula is C12H23N3O2S. The lowest BCUT2D eigenvalue weighted by Crippen LogP contribution is -2.11. The van der Waals surface area contributed by atoms with Gasteiger partial charge in [-0.25, -0.2) is 13.4 Å². The van der Waals surface area contributed by atoms with Gasteiger partial charge in [0.2, 0.25) is 5.95 Å². The summed E-state index contributed by atoms with van der Waals surface area (Å²) in [7, 11) is -2.88. The van der Waals surface area contributed by atoms with Crippen LogP contribution in [0.5, 0.6) is 0 Å². The zero-order valence-electron chi connectivity index (χ0n) is 11.4. The van der Waals surface area contributed by atoms with Gasteiger partial charge in [-0.3, -0.25) is 0 Å². The molecule has 6 heteroatoms. The second-order valence-electron chi connectivity index (χ2n) is 4.66. The van der Waals surface area contributed by atoms with Gasteiger partial charge in [0.1, 0.15) is 9.84 Å². The average Bonchev–Trinajstić information content (AvgIpc) is 2.58. The highest BCUT2D eigenvalue weighted by atomic mass is 32.2. The molecule has 0 aliphatic carbocycles. The first-order valence-corrected chi connectivity index (χ1v) is 8.44. The molecule has 18 heavy (non-hydrogen) atoms. The molecule has 0 amide bonds. The number of aromatic nitrogens is 2. The molecule has 1 rings (SSSR count). The second-order valence-corrected chi connectivity index (χ2v) is 6.92. The molecule has 0 saturated heterocycles. The summed E-state index contributed by atoms with van der Waals surface area (Å²) >= 11 is 0. The molecular weight excluding hydrogens is 250 g/mol. The van der Waals surface area contributed by atoms with Crippen LogP contribution >= 0.6 is 0 Å². The molecule has 0 atom stereocenters. The minimum atomic E-state index is -2.88. The third kappa shape index (κ3) is 5.53. The van der Waals surface area contributed by atoms with Gasteiger partial charge >= 0.3 is 0 Å². The van der Waals surface area contributed by atoms with Gasteiger partial charge in [-0.1, -0.05) is 13.3 Å². The Morgan fingerprint density at radius 2 is 2.11 bits per heavy atom. The van der Waals surface area contributed by atoms with Gasteiger partial charge in [-0.2, -0.15) is 0 Å². The summed E-state index contributed by atoms with van der Waals surface area (Å²) in [6, 6.07) is 0. The number of nitrogens with zero attached hydrogens (tertiary/aromatic N) is 2. The van der Waals surface area contributed by atoms with Crippen LogP contribution in [0.4, 0.5) is 5.95 Å². The fourth-order valence-corrected chi connectivity index (χ4v) is 2.39. The molecule has 0 aliphatic heterocycles. The molecule has 0 radical (unpaired) electrons. The first-order valence-electron chi connectivity index (χ1n) is 6.37. The first kappa shape index (κ1) is 15.0. The summed E-state index contributed by atoms with van der Waals surface area (Å²) in [5.74, 6) is 1.06. The Morgan fingerprint density at radius 3 is 2.72 bits per heavy atom. The van der Waals surface area contributed by atoms with Gasteiger partial charge in [0.05, 0.1) is 11.4 Å². The van der Waals surface area contributed by atoms with E-state index in [9.17, 15) is 8.42 Å². The maximum absolute atomic E-state index is 11.1. The Labute approximate surface area is 110 Å². The van der Waals surface area contributed by atoms with Crippen molar-refractivity contribution in [2.75, 3.05) is 23.9 Å². The van der Waals surface area contributed by atoms with Gasteiger partial charge < -0.3 is 9.88 Å². The van der Waals surface area contributed by atoms with E-state index in [1.54, 1.807) is 0 Å². The van der Waals surface area contributed by atoms with Crippen LogP contribution in [0.1, 0.15) is 31.9 Å². The third-order valence-corrected chi connectivity index (χ3v) is 3.65. The van der Waals surface area contributed by atoms with Crippen LogP contribution in [0, 0.1) is 6.92 Å². The van der Waals surface area contributed by atoms with Crippen LogP contribution < -0.4 is 5.32 Å². The number of aryl methyl sites for hydroxylation is 2. The van der Waals surface area contributed by atoms with Gasteiger partial charge in [0.25, 0.3) is 0 Å². The Hall–Kier alpha value is -1.04. The lowest BCUT2D eigenvalue weighted by atomic mass is 10.3. The maximum Gasteiger partial charge on any atom is 0.203 e. The minimum absolute atomic E-state index is 0.221. The molecule has 104 valence electrons.